The van der Waals surface area contributed by atoms with Crippen LogP contribution in [0.25, 0.3) is 0 Å². The van der Waals surface area contributed by atoms with Gasteiger partial charge < -0.3 is 15.4 Å². The highest BCUT2D eigenvalue weighted by molar-refractivity contribution is 5.95. The molecule has 0 spiro atoms. The van der Waals surface area contributed by atoms with Crippen LogP contribution >= 0.6 is 0 Å². The van der Waals surface area contributed by atoms with Gasteiger partial charge in [0.15, 0.2) is 0 Å². The van der Waals surface area contributed by atoms with Gasteiger partial charge >= 0.3 is 0 Å². The number of carbonyl (C=O) groups is 1. The molecule has 0 bridgehead atoms. The number of ether oxygens (including phenoxy) is 1. The molecule has 4 nitrogen and oxygen atoms in total. The van der Waals surface area contributed by atoms with Crippen molar-refractivity contribution < 1.29 is 13.9 Å². The van der Waals surface area contributed by atoms with Gasteiger partial charge in [0, 0.05) is 12.6 Å². The molecular formula is C13H17FN2O2. The maximum absolute atomic E-state index is 13.7. The molecule has 0 radical (unpaired) electrons. The number of hydrogen-bond donors (Lipinski definition) is 2. The Morgan fingerprint density at radius 2 is 2.33 bits per heavy atom. The zero-order chi connectivity index (χ0) is 13.2. The second kappa shape index (κ2) is 4.94. The Labute approximate surface area is 106 Å². The third kappa shape index (κ3) is 2.61. The largest absolute Gasteiger partial charge is 0.497 e. The molecule has 98 valence electrons. The van der Waals surface area contributed by atoms with Crippen molar-refractivity contribution >= 4 is 5.91 Å². The summed E-state index contributed by atoms with van der Waals surface area (Å²) in [6.07, 6.45) is 0.844. The van der Waals surface area contributed by atoms with Gasteiger partial charge in [-0.15, -0.1) is 0 Å². The van der Waals surface area contributed by atoms with Crippen molar-refractivity contribution in [1.82, 2.24) is 10.6 Å². The summed E-state index contributed by atoms with van der Waals surface area (Å²) in [6.45, 7) is 3.52. The number of carbonyl (C=O) groups excluding carboxylic acids is 1. The summed E-state index contributed by atoms with van der Waals surface area (Å²) < 4.78 is 18.6. The van der Waals surface area contributed by atoms with E-state index < -0.39 is 5.82 Å². The summed E-state index contributed by atoms with van der Waals surface area (Å²) in [5.41, 5.74) is -0.257. The van der Waals surface area contributed by atoms with E-state index in [4.69, 9.17) is 4.74 Å². The number of rotatable bonds is 3. The normalized spacial score (nSPS) is 22.8. The predicted molar refractivity (Wildman–Crippen MR) is 66.3 cm³/mol. The first-order valence-corrected chi connectivity index (χ1v) is 5.91. The van der Waals surface area contributed by atoms with Gasteiger partial charge in [0.2, 0.25) is 0 Å². The lowest BCUT2D eigenvalue weighted by Crippen LogP contribution is -2.47. The standard InChI is InChI=1S/C13H17FN2O2/c1-13(5-6-15-8-13)16-12(17)10-4-3-9(18-2)7-11(10)14/h3-4,7,15H,5-6,8H2,1-2H3,(H,16,17). The molecule has 0 saturated carbocycles. The van der Waals surface area contributed by atoms with Crippen LogP contribution in [0.5, 0.6) is 5.75 Å². The van der Waals surface area contributed by atoms with Crippen LogP contribution in [0.15, 0.2) is 18.2 Å². The molecule has 2 rings (SSSR count). The number of hydrogen-bond acceptors (Lipinski definition) is 3. The van der Waals surface area contributed by atoms with E-state index in [-0.39, 0.29) is 17.0 Å². The molecular weight excluding hydrogens is 235 g/mol. The second-order valence-corrected chi connectivity index (χ2v) is 4.79. The Balaban J connectivity index is 2.13. The summed E-state index contributed by atoms with van der Waals surface area (Å²) in [7, 11) is 1.46. The molecule has 1 aliphatic heterocycles. The molecule has 1 heterocycles. The third-order valence-corrected chi connectivity index (χ3v) is 3.20. The Bertz CT molecular complexity index is 456. The summed E-state index contributed by atoms with van der Waals surface area (Å²) in [4.78, 5) is 12.0. The SMILES string of the molecule is COc1ccc(C(=O)NC2(C)CCNC2)c(F)c1. The van der Waals surface area contributed by atoms with Crippen LogP contribution in [0.2, 0.25) is 0 Å². The zero-order valence-corrected chi connectivity index (χ0v) is 10.5. The molecule has 1 atom stereocenters. The molecule has 18 heavy (non-hydrogen) atoms. The number of methoxy groups -OCH3 is 1. The lowest BCUT2D eigenvalue weighted by atomic mass is 10.0. The fourth-order valence-electron chi connectivity index (χ4n) is 2.07. The van der Waals surface area contributed by atoms with E-state index in [1.165, 1.54) is 19.2 Å². The van der Waals surface area contributed by atoms with E-state index in [0.29, 0.717) is 12.3 Å². The molecule has 1 aromatic rings. The Morgan fingerprint density at radius 1 is 1.56 bits per heavy atom. The lowest BCUT2D eigenvalue weighted by molar-refractivity contribution is 0.0909. The van der Waals surface area contributed by atoms with Crippen LogP contribution in [-0.4, -0.2) is 31.6 Å². The number of nitrogens with one attached hydrogen (secondary N) is 2. The molecule has 1 amide bonds. The Kier molecular flexibility index (Phi) is 3.52. The van der Waals surface area contributed by atoms with Gasteiger partial charge in [0.05, 0.1) is 18.2 Å². The molecule has 2 N–H and O–H groups in total. The van der Waals surface area contributed by atoms with E-state index >= 15 is 0 Å². The van der Waals surface area contributed by atoms with Crippen molar-refractivity contribution in [1.29, 1.82) is 0 Å². The summed E-state index contributed by atoms with van der Waals surface area (Å²) in [6, 6.07) is 4.23. The van der Waals surface area contributed by atoms with Crippen LogP contribution < -0.4 is 15.4 Å². The van der Waals surface area contributed by atoms with Gasteiger partial charge in [-0.1, -0.05) is 0 Å². The van der Waals surface area contributed by atoms with E-state index in [1.54, 1.807) is 6.07 Å². The van der Waals surface area contributed by atoms with Gasteiger partial charge in [0.25, 0.3) is 5.91 Å². The Morgan fingerprint density at radius 3 is 2.89 bits per heavy atom. The highest BCUT2D eigenvalue weighted by Crippen LogP contribution is 2.18. The maximum atomic E-state index is 13.7. The number of benzene rings is 1. The average molecular weight is 252 g/mol. The molecule has 1 aliphatic rings. The van der Waals surface area contributed by atoms with Crippen molar-refractivity contribution in [2.24, 2.45) is 0 Å². The fourth-order valence-corrected chi connectivity index (χ4v) is 2.07. The minimum Gasteiger partial charge on any atom is -0.497 e. The average Bonchev–Trinajstić information content (AvgIpc) is 2.75. The van der Waals surface area contributed by atoms with E-state index in [2.05, 4.69) is 10.6 Å². The molecule has 0 aromatic heterocycles. The highest BCUT2D eigenvalue weighted by atomic mass is 19.1. The minimum atomic E-state index is -0.568. The molecule has 1 saturated heterocycles. The summed E-state index contributed by atoms with van der Waals surface area (Å²) in [5, 5.41) is 6.04. The number of halogens is 1. The fraction of sp³-hybridized carbons (Fsp3) is 0.462. The zero-order valence-electron chi connectivity index (χ0n) is 10.5. The van der Waals surface area contributed by atoms with E-state index in [0.717, 1.165) is 13.0 Å². The Hall–Kier alpha value is -1.62. The molecule has 1 unspecified atom stereocenters. The van der Waals surface area contributed by atoms with Crippen molar-refractivity contribution in [3.05, 3.63) is 29.6 Å². The third-order valence-electron chi connectivity index (χ3n) is 3.20. The molecule has 1 fully saturated rings. The van der Waals surface area contributed by atoms with Crippen LogP contribution in [0.1, 0.15) is 23.7 Å². The smallest absolute Gasteiger partial charge is 0.254 e. The molecule has 1 aromatic carbocycles. The monoisotopic (exact) mass is 252 g/mol. The van der Waals surface area contributed by atoms with Crippen LogP contribution in [0.3, 0.4) is 0 Å². The topological polar surface area (TPSA) is 50.4 Å². The van der Waals surface area contributed by atoms with Crippen LogP contribution in [-0.2, 0) is 0 Å². The summed E-state index contributed by atoms with van der Waals surface area (Å²) >= 11 is 0. The molecule has 5 heteroatoms. The van der Waals surface area contributed by atoms with Crippen LogP contribution in [0.4, 0.5) is 4.39 Å². The van der Waals surface area contributed by atoms with Crippen molar-refractivity contribution in [3.63, 3.8) is 0 Å². The van der Waals surface area contributed by atoms with Gasteiger partial charge in [-0.25, -0.2) is 4.39 Å². The first-order valence-electron chi connectivity index (χ1n) is 5.91. The van der Waals surface area contributed by atoms with Gasteiger partial charge in [-0.2, -0.15) is 0 Å². The van der Waals surface area contributed by atoms with Gasteiger partial charge in [0.1, 0.15) is 11.6 Å². The first kappa shape index (κ1) is 12.8. The quantitative estimate of drug-likeness (QED) is 0.853. The van der Waals surface area contributed by atoms with Crippen molar-refractivity contribution in [2.45, 2.75) is 18.9 Å². The predicted octanol–water partition coefficient (Wildman–Crippen LogP) is 1.32. The van der Waals surface area contributed by atoms with Crippen molar-refractivity contribution in [2.75, 3.05) is 20.2 Å². The maximum Gasteiger partial charge on any atom is 0.254 e. The van der Waals surface area contributed by atoms with Gasteiger partial charge in [-0.05, 0) is 32.0 Å². The van der Waals surface area contributed by atoms with E-state index in [9.17, 15) is 9.18 Å². The van der Waals surface area contributed by atoms with E-state index in [1.807, 2.05) is 6.92 Å². The minimum absolute atomic E-state index is 0.0453. The highest BCUT2D eigenvalue weighted by Gasteiger charge is 2.30. The molecule has 0 aliphatic carbocycles. The summed E-state index contributed by atoms with van der Waals surface area (Å²) in [5.74, 6) is -0.555. The number of amides is 1. The lowest BCUT2D eigenvalue weighted by Gasteiger charge is -2.24. The first-order chi connectivity index (χ1) is 8.54. The van der Waals surface area contributed by atoms with Crippen molar-refractivity contribution in [3.8, 4) is 5.75 Å². The van der Waals surface area contributed by atoms with Crippen LogP contribution in [0, 0.1) is 5.82 Å². The second-order valence-electron chi connectivity index (χ2n) is 4.79. The van der Waals surface area contributed by atoms with Gasteiger partial charge in [-0.3, -0.25) is 4.79 Å².